The van der Waals surface area contributed by atoms with Crippen molar-refractivity contribution in [3.05, 3.63) is 0 Å². The van der Waals surface area contributed by atoms with E-state index in [2.05, 4.69) is 48.5 Å². The predicted octanol–water partition coefficient (Wildman–Crippen LogP) is 19.9. The summed E-state index contributed by atoms with van der Waals surface area (Å²) in [4.78, 5) is 0. The molecule has 8 aliphatic rings. The molecule has 0 radical (unpaired) electrons. The van der Waals surface area contributed by atoms with Crippen molar-refractivity contribution in [1.29, 1.82) is 0 Å². The largest absolute Gasteiger partial charge is 0.381 e. The zero-order valence-electron chi connectivity index (χ0n) is 40.3. The molecule has 0 aromatic carbocycles. The molecule has 8 saturated carbocycles. The standard InChI is InChI=1S/C14H26O.3C14H26.8H2/c1-11-3-5-12(6-4-11)13-7-9-14(15-2)10-8-13;3*1-11-3-7-13(8-4-11)14-9-5-12(2)6-10-14;;;;;;;;/h11-14H,3-10H2,1-2H3;3*11-14H,3-10H2,1-2H3;8*1H. The fourth-order valence-corrected chi connectivity index (χ4v) is 14.1. The summed E-state index contributed by atoms with van der Waals surface area (Å²) in [7, 11) is 1.87. The molecule has 0 aromatic rings. The smallest absolute Gasteiger partial charge is 0.0571 e. The first kappa shape index (κ1) is 48.0. The summed E-state index contributed by atoms with van der Waals surface area (Å²) in [5, 5.41) is 0. The number of ether oxygens (including phenoxy) is 1. The van der Waals surface area contributed by atoms with Crippen molar-refractivity contribution in [2.75, 3.05) is 7.11 Å². The number of hydrogen-bond donors (Lipinski definition) is 0. The fourth-order valence-electron chi connectivity index (χ4n) is 14.1. The van der Waals surface area contributed by atoms with Gasteiger partial charge in [-0.3, -0.25) is 0 Å². The van der Waals surface area contributed by atoms with E-state index >= 15 is 0 Å². The predicted molar refractivity (Wildman–Crippen MR) is 268 cm³/mol. The van der Waals surface area contributed by atoms with Crippen molar-refractivity contribution in [3.8, 4) is 0 Å². The van der Waals surface area contributed by atoms with Crippen LogP contribution in [0.5, 0.6) is 0 Å². The minimum Gasteiger partial charge on any atom is -0.381 e. The van der Waals surface area contributed by atoms with Gasteiger partial charge in [-0.25, -0.2) is 0 Å². The maximum atomic E-state index is 5.44. The Kier molecular flexibility index (Phi) is 21.7. The van der Waals surface area contributed by atoms with Crippen molar-refractivity contribution in [2.24, 2.45) is 88.8 Å². The maximum Gasteiger partial charge on any atom is 0.0571 e. The lowest BCUT2D eigenvalue weighted by atomic mass is 9.70. The van der Waals surface area contributed by atoms with E-state index in [1.807, 2.05) is 7.11 Å². The summed E-state index contributed by atoms with van der Waals surface area (Å²) in [6.07, 6.45) is 48.7. The molecule has 1 nitrogen and oxygen atoms in total. The first-order valence-electron chi connectivity index (χ1n) is 27.1. The molecule has 8 aliphatic carbocycles. The van der Waals surface area contributed by atoms with Gasteiger partial charge in [-0.1, -0.05) is 138 Å². The molecule has 0 saturated heterocycles. The van der Waals surface area contributed by atoms with Crippen LogP contribution in [0.2, 0.25) is 0 Å². The van der Waals surface area contributed by atoms with Gasteiger partial charge >= 0.3 is 0 Å². The Bertz CT molecular complexity index is 850. The van der Waals surface area contributed by atoms with Crippen LogP contribution in [0.15, 0.2) is 0 Å². The number of rotatable bonds is 5. The quantitative estimate of drug-likeness (QED) is 0.269. The molecule has 0 atom stereocenters. The molecule has 350 valence electrons. The Balaban J connectivity index is -0.000000367. The first-order valence-corrected chi connectivity index (χ1v) is 27.1. The van der Waals surface area contributed by atoms with Crippen LogP contribution in [0.4, 0.5) is 0 Å². The summed E-state index contributed by atoms with van der Waals surface area (Å²) in [5.74, 6) is 15.9. The lowest BCUT2D eigenvalue weighted by Crippen LogP contribution is -2.27. The van der Waals surface area contributed by atoms with Crippen LogP contribution in [0.3, 0.4) is 0 Å². The van der Waals surface area contributed by atoms with Crippen LogP contribution in [0.1, 0.15) is 265 Å². The number of hydrogen-bond acceptors (Lipinski definition) is 1. The van der Waals surface area contributed by atoms with Crippen molar-refractivity contribution in [3.63, 3.8) is 0 Å². The minimum atomic E-state index is 0. The Labute approximate surface area is 371 Å². The summed E-state index contributed by atoms with van der Waals surface area (Å²) < 4.78 is 5.44. The van der Waals surface area contributed by atoms with Crippen LogP contribution in [-0.4, -0.2) is 13.2 Å². The fraction of sp³-hybridized carbons (Fsp3) is 1.00. The lowest BCUT2D eigenvalue weighted by molar-refractivity contribution is 0.0399. The first-order chi connectivity index (χ1) is 27.6. The van der Waals surface area contributed by atoms with Gasteiger partial charge in [-0.2, -0.15) is 0 Å². The SMILES string of the molecule is CC1CCC(C2CCC(C)CC2)CC1.CC1CCC(C2CCC(C)CC2)CC1.CC1CCC(C2CCC(C)CC2)CC1.COC1CCC(C2CCC(C)CC2)CC1.[HH].[HH].[HH].[HH].[HH].[HH].[HH].[HH]. The Morgan fingerprint density at radius 1 is 0.211 bits per heavy atom. The Hall–Kier alpha value is -0.0400. The van der Waals surface area contributed by atoms with E-state index in [1.54, 1.807) is 77.0 Å². The van der Waals surface area contributed by atoms with Crippen LogP contribution >= 0.6 is 0 Å². The third-order valence-corrected chi connectivity index (χ3v) is 19.1. The second kappa shape index (κ2) is 25.8. The zero-order chi connectivity index (χ0) is 40.6. The average molecular weight is 810 g/mol. The van der Waals surface area contributed by atoms with Crippen molar-refractivity contribution >= 4 is 0 Å². The van der Waals surface area contributed by atoms with Gasteiger partial charge in [0.2, 0.25) is 0 Å². The van der Waals surface area contributed by atoms with Gasteiger partial charge in [0, 0.05) is 18.5 Å². The van der Waals surface area contributed by atoms with Crippen LogP contribution in [-0.2, 0) is 4.74 Å². The molecule has 0 bridgehead atoms. The average Bonchev–Trinajstić information content (AvgIpc) is 3.24. The normalized spacial score (nSPS) is 44.4. The van der Waals surface area contributed by atoms with E-state index in [9.17, 15) is 0 Å². The maximum absolute atomic E-state index is 5.44. The third kappa shape index (κ3) is 17.0. The van der Waals surface area contributed by atoms with Gasteiger partial charge in [0.05, 0.1) is 6.10 Å². The highest BCUT2D eigenvalue weighted by atomic mass is 16.5. The van der Waals surface area contributed by atoms with Crippen molar-refractivity contribution in [2.45, 2.75) is 260 Å². The molecule has 8 fully saturated rings. The van der Waals surface area contributed by atoms with Gasteiger partial charge in [-0.05, 0) is 204 Å². The van der Waals surface area contributed by atoms with E-state index in [0.717, 1.165) is 88.8 Å². The lowest BCUT2D eigenvalue weighted by Gasteiger charge is -2.36. The molecule has 8 rings (SSSR count). The van der Waals surface area contributed by atoms with E-state index in [-0.39, 0.29) is 11.4 Å². The highest BCUT2D eigenvalue weighted by molar-refractivity contribution is 4.84. The molecule has 0 amide bonds. The summed E-state index contributed by atoms with van der Waals surface area (Å²) in [5.41, 5.74) is 0. The number of methoxy groups -OCH3 is 1. The van der Waals surface area contributed by atoms with Crippen LogP contribution < -0.4 is 0 Å². The Morgan fingerprint density at radius 3 is 0.456 bits per heavy atom. The van der Waals surface area contributed by atoms with Crippen molar-refractivity contribution < 1.29 is 16.1 Å². The molecule has 0 heterocycles. The van der Waals surface area contributed by atoms with E-state index in [0.29, 0.717) is 6.10 Å². The van der Waals surface area contributed by atoms with E-state index in [1.165, 1.54) is 128 Å². The van der Waals surface area contributed by atoms with Gasteiger partial charge < -0.3 is 4.74 Å². The molecule has 0 spiro atoms. The molecule has 0 aliphatic heterocycles. The van der Waals surface area contributed by atoms with Crippen molar-refractivity contribution in [1.82, 2.24) is 0 Å². The molecule has 0 N–H and O–H groups in total. The van der Waals surface area contributed by atoms with Crippen LogP contribution in [0.25, 0.3) is 0 Å². The molecule has 0 aromatic heterocycles. The highest BCUT2D eigenvalue weighted by Gasteiger charge is 2.32. The molecule has 1 heteroatoms. The second-order valence-corrected chi connectivity index (χ2v) is 23.9. The topological polar surface area (TPSA) is 9.23 Å². The second-order valence-electron chi connectivity index (χ2n) is 23.9. The summed E-state index contributed by atoms with van der Waals surface area (Å²) in [6, 6.07) is 0. The van der Waals surface area contributed by atoms with Gasteiger partial charge in [0.25, 0.3) is 0 Å². The molecular formula is C56H120O. The van der Waals surface area contributed by atoms with Gasteiger partial charge in [0.1, 0.15) is 0 Å². The van der Waals surface area contributed by atoms with Gasteiger partial charge in [0.15, 0.2) is 0 Å². The van der Waals surface area contributed by atoms with Crippen LogP contribution in [0, 0.1) is 88.8 Å². The third-order valence-electron chi connectivity index (χ3n) is 19.1. The summed E-state index contributed by atoms with van der Waals surface area (Å²) in [6.45, 7) is 17.0. The van der Waals surface area contributed by atoms with E-state index in [4.69, 9.17) is 4.74 Å². The Morgan fingerprint density at radius 2 is 0.333 bits per heavy atom. The highest BCUT2D eigenvalue weighted by Crippen LogP contribution is 2.44. The molecule has 57 heavy (non-hydrogen) atoms. The van der Waals surface area contributed by atoms with E-state index < -0.39 is 0 Å². The molecule has 0 unspecified atom stereocenters. The monoisotopic (exact) mass is 809 g/mol. The molecular weight excluding hydrogens is 689 g/mol. The zero-order valence-corrected chi connectivity index (χ0v) is 40.3. The summed E-state index contributed by atoms with van der Waals surface area (Å²) >= 11 is 0. The van der Waals surface area contributed by atoms with Gasteiger partial charge in [-0.15, -0.1) is 0 Å². The minimum absolute atomic E-state index is 0.